The van der Waals surface area contributed by atoms with Gasteiger partial charge in [-0.2, -0.15) is 13.2 Å². The van der Waals surface area contributed by atoms with E-state index in [1.165, 1.54) is 0 Å². The smallest absolute Gasteiger partial charge is 0.342 e. The molecule has 0 aromatic carbocycles. The lowest BCUT2D eigenvalue weighted by molar-refractivity contribution is -0.186. The summed E-state index contributed by atoms with van der Waals surface area (Å²) in [5.74, 6) is -1.04. The van der Waals surface area contributed by atoms with Crippen molar-refractivity contribution in [3.63, 3.8) is 0 Å². The van der Waals surface area contributed by atoms with Crippen molar-refractivity contribution in [1.29, 1.82) is 0 Å². The fourth-order valence-corrected chi connectivity index (χ4v) is 3.82. The average molecular weight is 290 g/mol. The third-order valence-corrected chi connectivity index (χ3v) is 5.36. The van der Waals surface area contributed by atoms with Gasteiger partial charge >= 0.3 is 6.18 Å². The maximum absolute atomic E-state index is 12.6. The molecule has 1 aliphatic carbocycles. The molecule has 1 unspecified atom stereocenters. The standard InChI is InChI=1S/C14H21F3N2O/c15-14(16,17)10-1-7-19(8-2-10)12(20)11-9-13(11)3-5-18-6-4-13/h10-11,18H,1-9H2. The summed E-state index contributed by atoms with van der Waals surface area (Å²) in [6.07, 6.45) is -0.977. The van der Waals surface area contributed by atoms with Crippen molar-refractivity contribution < 1.29 is 18.0 Å². The number of nitrogens with zero attached hydrogens (tertiary/aromatic N) is 1. The number of carbonyl (C=O) groups is 1. The van der Waals surface area contributed by atoms with Gasteiger partial charge in [0, 0.05) is 19.0 Å². The Hall–Kier alpha value is -0.780. The van der Waals surface area contributed by atoms with Crippen LogP contribution in [-0.4, -0.2) is 43.2 Å². The monoisotopic (exact) mass is 290 g/mol. The minimum Gasteiger partial charge on any atom is -0.342 e. The van der Waals surface area contributed by atoms with E-state index < -0.39 is 12.1 Å². The van der Waals surface area contributed by atoms with Crippen molar-refractivity contribution in [3.8, 4) is 0 Å². The topological polar surface area (TPSA) is 32.3 Å². The number of hydrogen-bond acceptors (Lipinski definition) is 2. The lowest BCUT2D eigenvalue weighted by atomic mass is 9.91. The van der Waals surface area contributed by atoms with Crippen molar-refractivity contribution in [2.24, 2.45) is 17.3 Å². The molecule has 3 aliphatic rings. The molecule has 3 nitrogen and oxygen atoms in total. The fourth-order valence-electron chi connectivity index (χ4n) is 3.82. The van der Waals surface area contributed by atoms with Gasteiger partial charge in [-0.15, -0.1) is 0 Å². The van der Waals surface area contributed by atoms with E-state index in [1.807, 2.05) is 0 Å². The first-order chi connectivity index (χ1) is 9.42. The average Bonchev–Trinajstić information content (AvgIpc) is 3.11. The first-order valence-electron chi connectivity index (χ1n) is 7.49. The molecule has 2 aliphatic heterocycles. The molecule has 3 rings (SSSR count). The van der Waals surface area contributed by atoms with Crippen LogP contribution >= 0.6 is 0 Å². The molecule has 1 N–H and O–H groups in total. The zero-order valence-electron chi connectivity index (χ0n) is 11.5. The second-order valence-corrected chi connectivity index (χ2v) is 6.51. The Morgan fingerprint density at radius 1 is 1.15 bits per heavy atom. The number of likely N-dealkylation sites (tertiary alicyclic amines) is 1. The van der Waals surface area contributed by atoms with E-state index in [9.17, 15) is 18.0 Å². The summed E-state index contributed by atoms with van der Waals surface area (Å²) in [5, 5.41) is 3.29. The quantitative estimate of drug-likeness (QED) is 0.803. The van der Waals surface area contributed by atoms with Crippen molar-refractivity contribution >= 4 is 5.91 Å². The van der Waals surface area contributed by atoms with E-state index in [0.717, 1.165) is 32.4 Å². The fraction of sp³-hybridized carbons (Fsp3) is 0.929. The lowest BCUT2D eigenvalue weighted by Gasteiger charge is -2.34. The normalized spacial score (nSPS) is 30.6. The largest absolute Gasteiger partial charge is 0.391 e. The van der Waals surface area contributed by atoms with Gasteiger partial charge in [-0.05, 0) is 50.6 Å². The van der Waals surface area contributed by atoms with Crippen LogP contribution in [0.1, 0.15) is 32.1 Å². The number of amides is 1. The van der Waals surface area contributed by atoms with Gasteiger partial charge in [0.05, 0.1) is 5.92 Å². The van der Waals surface area contributed by atoms with Crippen LogP contribution in [0.2, 0.25) is 0 Å². The summed E-state index contributed by atoms with van der Waals surface area (Å²) in [6, 6.07) is 0. The summed E-state index contributed by atoms with van der Waals surface area (Å²) in [4.78, 5) is 14.1. The molecule has 0 bridgehead atoms. The van der Waals surface area contributed by atoms with Gasteiger partial charge < -0.3 is 10.2 Å². The van der Waals surface area contributed by atoms with Crippen LogP contribution in [0.3, 0.4) is 0 Å². The molecule has 0 aromatic rings. The van der Waals surface area contributed by atoms with Gasteiger partial charge in [0.1, 0.15) is 0 Å². The van der Waals surface area contributed by atoms with Gasteiger partial charge in [-0.25, -0.2) is 0 Å². The first-order valence-corrected chi connectivity index (χ1v) is 7.49. The third kappa shape index (κ3) is 2.54. The Bertz CT molecular complexity index is 382. The molecule has 2 saturated heterocycles. The minimum atomic E-state index is -4.11. The van der Waals surface area contributed by atoms with Gasteiger partial charge in [-0.3, -0.25) is 4.79 Å². The van der Waals surface area contributed by atoms with Crippen molar-refractivity contribution in [1.82, 2.24) is 10.2 Å². The molecule has 20 heavy (non-hydrogen) atoms. The van der Waals surface area contributed by atoms with E-state index in [-0.39, 0.29) is 43.2 Å². The molecule has 0 radical (unpaired) electrons. The van der Waals surface area contributed by atoms with Crippen LogP contribution < -0.4 is 5.32 Å². The molecule has 1 spiro atoms. The summed E-state index contributed by atoms with van der Waals surface area (Å²) in [6.45, 7) is 2.46. The number of halogens is 3. The molecule has 114 valence electrons. The Labute approximate surface area is 116 Å². The van der Waals surface area contributed by atoms with Gasteiger partial charge in [0.2, 0.25) is 5.91 Å². The van der Waals surface area contributed by atoms with Crippen LogP contribution in [0, 0.1) is 17.3 Å². The highest BCUT2D eigenvalue weighted by Crippen LogP contribution is 2.59. The molecule has 1 atom stereocenters. The van der Waals surface area contributed by atoms with E-state index in [1.54, 1.807) is 4.90 Å². The number of rotatable bonds is 1. The summed E-state index contributed by atoms with van der Waals surface area (Å²) >= 11 is 0. The highest BCUT2D eigenvalue weighted by Gasteiger charge is 2.58. The maximum atomic E-state index is 12.6. The SMILES string of the molecule is O=C(C1CC12CCNCC2)N1CCC(C(F)(F)F)CC1. The number of alkyl halides is 3. The first kappa shape index (κ1) is 14.2. The third-order valence-electron chi connectivity index (χ3n) is 5.36. The number of nitrogens with one attached hydrogen (secondary N) is 1. The van der Waals surface area contributed by atoms with Crippen molar-refractivity contribution in [2.75, 3.05) is 26.2 Å². The maximum Gasteiger partial charge on any atom is 0.391 e. The zero-order valence-corrected chi connectivity index (χ0v) is 11.5. The van der Waals surface area contributed by atoms with E-state index in [4.69, 9.17) is 0 Å². The van der Waals surface area contributed by atoms with Gasteiger partial charge in [-0.1, -0.05) is 0 Å². The Morgan fingerprint density at radius 2 is 1.75 bits per heavy atom. The van der Waals surface area contributed by atoms with E-state index >= 15 is 0 Å². The summed E-state index contributed by atoms with van der Waals surface area (Å²) in [7, 11) is 0. The molecular formula is C14H21F3N2O. The van der Waals surface area contributed by atoms with E-state index in [0.29, 0.717) is 0 Å². The van der Waals surface area contributed by atoms with Gasteiger partial charge in [0.15, 0.2) is 0 Å². The Morgan fingerprint density at radius 3 is 2.30 bits per heavy atom. The molecule has 1 amide bonds. The van der Waals surface area contributed by atoms with Crippen LogP contribution in [0.5, 0.6) is 0 Å². The predicted octanol–water partition coefficient (Wildman–Crippen LogP) is 2.18. The van der Waals surface area contributed by atoms with Crippen LogP contribution in [-0.2, 0) is 4.79 Å². The van der Waals surface area contributed by atoms with Gasteiger partial charge in [0.25, 0.3) is 0 Å². The summed E-state index contributed by atoms with van der Waals surface area (Å²) in [5.41, 5.74) is 0.170. The predicted molar refractivity (Wildman–Crippen MR) is 68.0 cm³/mol. The molecule has 1 saturated carbocycles. The highest BCUT2D eigenvalue weighted by atomic mass is 19.4. The zero-order chi connectivity index (χ0) is 14.4. The van der Waals surface area contributed by atoms with Crippen molar-refractivity contribution in [2.45, 2.75) is 38.3 Å². The lowest BCUT2D eigenvalue weighted by Crippen LogP contribution is -2.43. The molecular weight excluding hydrogens is 269 g/mol. The molecule has 6 heteroatoms. The molecule has 2 heterocycles. The minimum absolute atomic E-state index is 0.0660. The number of piperidine rings is 2. The van der Waals surface area contributed by atoms with Crippen molar-refractivity contribution in [3.05, 3.63) is 0 Å². The molecule has 0 aromatic heterocycles. The summed E-state index contributed by atoms with van der Waals surface area (Å²) < 4.78 is 37.8. The Balaban J connectivity index is 1.53. The second kappa shape index (κ2) is 4.90. The van der Waals surface area contributed by atoms with E-state index in [2.05, 4.69) is 5.32 Å². The number of carbonyl (C=O) groups excluding carboxylic acids is 1. The van der Waals surface area contributed by atoms with Crippen LogP contribution in [0.25, 0.3) is 0 Å². The highest BCUT2D eigenvalue weighted by molar-refractivity contribution is 5.82. The number of hydrogen-bond donors (Lipinski definition) is 1. The second-order valence-electron chi connectivity index (χ2n) is 6.51. The van der Waals surface area contributed by atoms with Crippen LogP contribution in [0.15, 0.2) is 0 Å². The Kier molecular flexibility index (Phi) is 3.47. The van der Waals surface area contributed by atoms with Crippen LogP contribution in [0.4, 0.5) is 13.2 Å². The molecule has 3 fully saturated rings.